The second-order valence-electron chi connectivity index (χ2n) is 7.83. The molecule has 0 atom stereocenters. The summed E-state index contributed by atoms with van der Waals surface area (Å²) in [6.45, 7) is 7.36. The van der Waals surface area contributed by atoms with Crippen molar-refractivity contribution in [1.82, 2.24) is 35.3 Å². The van der Waals surface area contributed by atoms with Crippen LogP contribution in [0.5, 0.6) is 0 Å². The summed E-state index contributed by atoms with van der Waals surface area (Å²) in [5.74, 6) is 0.340. The number of anilines is 1. The number of nitrogens with zero attached hydrogens (tertiary/aromatic N) is 5. The first-order valence-corrected chi connectivity index (χ1v) is 10.5. The van der Waals surface area contributed by atoms with Crippen molar-refractivity contribution in [1.29, 1.82) is 0 Å². The molecular weight excluding hydrogens is 424 g/mol. The van der Waals surface area contributed by atoms with Crippen molar-refractivity contribution in [2.75, 3.05) is 11.9 Å². The van der Waals surface area contributed by atoms with Gasteiger partial charge in [-0.3, -0.25) is 15.0 Å². The second kappa shape index (κ2) is 9.47. The van der Waals surface area contributed by atoms with Gasteiger partial charge in [0.1, 0.15) is 5.82 Å². The van der Waals surface area contributed by atoms with Gasteiger partial charge in [0, 0.05) is 54.6 Å². The van der Waals surface area contributed by atoms with Gasteiger partial charge in [0.05, 0.1) is 11.8 Å². The zero-order valence-corrected chi connectivity index (χ0v) is 18.5. The Morgan fingerprint density at radius 1 is 1.12 bits per heavy atom. The zero-order chi connectivity index (χ0) is 23.4. The first-order valence-electron chi connectivity index (χ1n) is 10.5. The summed E-state index contributed by atoms with van der Waals surface area (Å²) < 4.78 is 6.94. The molecule has 0 fully saturated rings. The minimum absolute atomic E-state index is 0.142. The largest absolute Gasteiger partial charge is 0.434 e. The van der Waals surface area contributed by atoms with Gasteiger partial charge in [0.25, 0.3) is 5.89 Å². The van der Waals surface area contributed by atoms with Gasteiger partial charge in [-0.15, -0.1) is 5.10 Å². The molecule has 0 aliphatic rings. The van der Waals surface area contributed by atoms with Gasteiger partial charge in [-0.25, -0.2) is 19.7 Å². The van der Waals surface area contributed by atoms with Gasteiger partial charge in [0.2, 0.25) is 0 Å². The number of aromatic nitrogens is 6. The van der Waals surface area contributed by atoms with Crippen LogP contribution in [0.15, 0.2) is 52.3 Å². The Balaban J connectivity index is 1.78. The van der Waals surface area contributed by atoms with Crippen molar-refractivity contribution >= 4 is 11.8 Å². The highest BCUT2D eigenvalue weighted by atomic mass is 16.4. The molecular formula is C22H24N8O3. The Morgan fingerprint density at radius 2 is 1.94 bits per heavy atom. The monoisotopic (exact) mass is 448 g/mol. The number of pyridine rings is 2. The summed E-state index contributed by atoms with van der Waals surface area (Å²) in [5, 5.41) is 16.0. The van der Waals surface area contributed by atoms with E-state index in [9.17, 15) is 9.59 Å². The summed E-state index contributed by atoms with van der Waals surface area (Å²) in [6.07, 6.45) is 8.64. The van der Waals surface area contributed by atoms with Crippen LogP contribution in [0, 0.1) is 5.92 Å². The summed E-state index contributed by atoms with van der Waals surface area (Å²) >= 11 is 0. The predicted octanol–water partition coefficient (Wildman–Crippen LogP) is 3.15. The van der Waals surface area contributed by atoms with E-state index < -0.39 is 5.76 Å². The Morgan fingerprint density at radius 3 is 2.67 bits per heavy atom. The average Bonchev–Trinajstić information content (AvgIpc) is 3.42. The molecule has 0 aliphatic heterocycles. The quantitative estimate of drug-likeness (QED) is 0.394. The van der Waals surface area contributed by atoms with Gasteiger partial charge in [-0.2, -0.15) is 5.10 Å². The van der Waals surface area contributed by atoms with Crippen LogP contribution in [0.4, 0.5) is 10.6 Å². The highest BCUT2D eigenvalue weighted by molar-refractivity contribution is 5.91. The summed E-state index contributed by atoms with van der Waals surface area (Å²) in [7, 11) is 0. The Bertz CT molecular complexity index is 1320. The SMILES string of the molecule is CCNC(=O)Nc1cc(-c2cnn(CC(C)C)c2)c(-c2cncc(-c3n[nH]c(=O)o3)c2)cn1. The number of H-pyrrole nitrogens is 1. The first-order chi connectivity index (χ1) is 15.9. The zero-order valence-electron chi connectivity index (χ0n) is 18.5. The maximum atomic E-state index is 12.0. The number of aromatic amines is 1. The van der Waals surface area contributed by atoms with E-state index in [1.807, 2.05) is 23.9 Å². The third-order valence-corrected chi connectivity index (χ3v) is 4.71. The lowest BCUT2D eigenvalue weighted by atomic mass is 9.98. The fourth-order valence-corrected chi connectivity index (χ4v) is 3.35. The Kier molecular flexibility index (Phi) is 6.29. The first kappa shape index (κ1) is 21.9. The Labute approximate surface area is 189 Å². The van der Waals surface area contributed by atoms with Gasteiger partial charge < -0.3 is 9.73 Å². The molecule has 4 rings (SSSR count). The molecule has 0 spiro atoms. The van der Waals surface area contributed by atoms with Gasteiger partial charge in [-0.1, -0.05) is 13.8 Å². The summed E-state index contributed by atoms with van der Waals surface area (Å²) in [6, 6.07) is 3.27. The second-order valence-corrected chi connectivity index (χ2v) is 7.83. The molecule has 0 saturated heterocycles. The van der Waals surface area contributed by atoms with Crippen LogP contribution in [0.3, 0.4) is 0 Å². The third-order valence-electron chi connectivity index (χ3n) is 4.71. The van der Waals surface area contributed by atoms with Crippen LogP contribution >= 0.6 is 0 Å². The molecule has 4 aromatic rings. The number of hydrogen-bond donors (Lipinski definition) is 3. The lowest BCUT2D eigenvalue weighted by Gasteiger charge is -2.12. The number of carbonyl (C=O) groups excluding carboxylic acids is 1. The van der Waals surface area contributed by atoms with Crippen molar-refractivity contribution in [2.24, 2.45) is 5.92 Å². The molecule has 0 bridgehead atoms. The van der Waals surface area contributed by atoms with Crippen molar-refractivity contribution < 1.29 is 9.21 Å². The lowest BCUT2D eigenvalue weighted by Crippen LogP contribution is -2.28. The molecule has 3 N–H and O–H groups in total. The molecule has 2 amide bonds. The number of urea groups is 1. The van der Waals surface area contributed by atoms with E-state index in [1.165, 1.54) is 0 Å². The van der Waals surface area contributed by atoms with Crippen LogP contribution in [0.25, 0.3) is 33.7 Å². The predicted molar refractivity (Wildman–Crippen MR) is 122 cm³/mol. The third kappa shape index (κ3) is 5.14. The molecule has 11 nitrogen and oxygen atoms in total. The molecule has 0 saturated carbocycles. The van der Waals surface area contributed by atoms with Gasteiger partial charge >= 0.3 is 11.8 Å². The van der Waals surface area contributed by atoms with Crippen LogP contribution in [0.2, 0.25) is 0 Å². The van der Waals surface area contributed by atoms with Crippen LogP contribution < -0.4 is 16.4 Å². The fraction of sp³-hybridized carbons (Fsp3) is 0.273. The minimum atomic E-state index is -0.642. The summed E-state index contributed by atoms with van der Waals surface area (Å²) in [5.41, 5.74) is 3.73. The topological polar surface area (TPSA) is 144 Å². The van der Waals surface area contributed by atoms with Gasteiger partial charge in [-0.05, 0) is 30.5 Å². The van der Waals surface area contributed by atoms with E-state index in [-0.39, 0.29) is 11.9 Å². The standard InChI is InChI=1S/C22H24N8O3/c1-4-24-21(31)27-19-6-17(16-9-26-30(12-16)11-13(2)3)18(10-25-19)14-5-15(8-23-7-14)20-28-29-22(32)33-20/h5-10,12-13H,4,11H2,1-3H3,(H,29,32)(H2,24,25,27,31). The maximum absolute atomic E-state index is 12.0. The van der Waals surface area contributed by atoms with Crippen LogP contribution in [0.1, 0.15) is 20.8 Å². The van der Waals surface area contributed by atoms with Crippen LogP contribution in [-0.2, 0) is 6.54 Å². The number of rotatable bonds is 7. The van der Waals surface area contributed by atoms with E-state index in [2.05, 4.69) is 49.7 Å². The number of hydrogen-bond acceptors (Lipinski definition) is 7. The minimum Gasteiger partial charge on any atom is -0.388 e. The van der Waals surface area contributed by atoms with Crippen molar-refractivity contribution in [3.63, 3.8) is 0 Å². The van der Waals surface area contributed by atoms with E-state index in [1.54, 1.807) is 30.9 Å². The molecule has 0 aromatic carbocycles. The van der Waals surface area contributed by atoms with Crippen LogP contribution in [-0.4, -0.2) is 42.5 Å². The highest BCUT2D eigenvalue weighted by Crippen LogP contribution is 2.34. The Hall–Kier alpha value is -4.28. The summed E-state index contributed by atoms with van der Waals surface area (Å²) in [4.78, 5) is 32.0. The maximum Gasteiger partial charge on any atom is 0.434 e. The molecule has 0 radical (unpaired) electrons. The van der Waals surface area contributed by atoms with Gasteiger partial charge in [0.15, 0.2) is 0 Å². The van der Waals surface area contributed by atoms with E-state index in [0.29, 0.717) is 23.8 Å². The normalized spacial score (nSPS) is 11.0. The number of amides is 2. The molecule has 170 valence electrons. The number of carbonyl (C=O) groups is 1. The molecule has 0 unspecified atom stereocenters. The highest BCUT2D eigenvalue weighted by Gasteiger charge is 2.15. The average molecular weight is 448 g/mol. The van der Waals surface area contributed by atoms with Crippen molar-refractivity contribution in [3.05, 3.63) is 53.7 Å². The smallest absolute Gasteiger partial charge is 0.388 e. The molecule has 4 aromatic heterocycles. The van der Waals surface area contributed by atoms with Crippen molar-refractivity contribution in [3.8, 4) is 33.7 Å². The van der Waals surface area contributed by atoms with E-state index in [0.717, 1.165) is 28.8 Å². The number of nitrogens with one attached hydrogen (secondary N) is 3. The molecule has 0 aliphatic carbocycles. The molecule has 4 heterocycles. The van der Waals surface area contributed by atoms with E-state index >= 15 is 0 Å². The molecule has 11 heteroatoms. The lowest BCUT2D eigenvalue weighted by molar-refractivity contribution is 0.252. The molecule has 33 heavy (non-hydrogen) atoms. The van der Waals surface area contributed by atoms with Crippen molar-refractivity contribution in [2.45, 2.75) is 27.3 Å². The van der Waals surface area contributed by atoms with E-state index in [4.69, 9.17) is 4.42 Å². The fourth-order valence-electron chi connectivity index (χ4n) is 3.35.